The van der Waals surface area contributed by atoms with Crippen LogP contribution in [0, 0.1) is 13.8 Å². The standard InChI is InChI=1S/C48H35N/c1-32-10-9-17-42(33(32)2)36-24-28-41(29-25-36)49(48-31-39-12-4-6-14-44(39)45-15-7-8-16-46(45)48)40-26-22-34(23-27-40)38-21-20-37-19-18-35-11-3-5-13-43(35)47(37)30-38/h3-31H,1-2H3. The lowest BCUT2D eigenvalue weighted by Gasteiger charge is -2.28. The summed E-state index contributed by atoms with van der Waals surface area (Å²) < 4.78 is 0. The molecule has 0 saturated heterocycles. The second-order valence-corrected chi connectivity index (χ2v) is 13.1. The number of hydrogen-bond acceptors (Lipinski definition) is 1. The van der Waals surface area contributed by atoms with Gasteiger partial charge in [-0.15, -0.1) is 0 Å². The molecule has 9 rings (SSSR count). The summed E-state index contributed by atoms with van der Waals surface area (Å²) in [6.07, 6.45) is 0. The number of aryl methyl sites for hydroxylation is 1. The van der Waals surface area contributed by atoms with E-state index < -0.39 is 0 Å². The summed E-state index contributed by atoms with van der Waals surface area (Å²) in [5.74, 6) is 0. The van der Waals surface area contributed by atoms with Crippen molar-refractivity contribution in [2.45, 2.75) is 13.8 Å². The number of rotatable bonds is 5. The van der Waals surface area contributed by atoms with E-state index in [0.717, 1.165) is 11.4 Å². The first kappa shape index (κ1) is 29.0. The molecule has 0 radical (unpaired) electrons. The van der Waals surface area contributed by atoms with Gasteiger partial charge in [0.1, 0.15) is 0 Å². The van der Waals surface area contributed by atoms with Crippen molar-refractivity contribution in [2.24, 2.45) is 0 Å². The van der Waals surface area contributed by atoms with Crippen LogP contribution in [0.2, 0.25) is 0 Å². The zero-order valence-corrected chi connectivity index (χ0v) is 27.7. The van der Waals surface area contributed by atoms with Crippen molar-refractivity contribution in [3.63, 3.8) is 0 Å². The van der Waals surface area contributed by atoms with Gasteiger partial charge in [-0.25, -0.2) is 0 Å². The van der Waals surface area contributed by atoms with Crippen LogP contribution < -0.4 is 4.90 Å². The lowest BCUT2D eigenvalue weighted by Crippen LogP contribution is -2.10. The SMILES string of the molecule is Cc1cccc(-c2ccc(N(c3ccc(-c4ccc5ccc6ccccc6c5c4)cc3)c3cc4ccccc4c4ccccc34)cc2)c1C. The molecule has 0 amide bonds. The topological polar surface area (TPSA) is 3.24 Å². The molecular weight excluding hydrogens is 591 g/mol. The van der Waals surface area contributed by atoms with Gasteiger partial charge in [0.05, 0.1) is 5.69 Å². The zero-order valence-electron chi connectivity index (χ0n) is 27.7. The van der Waals surface area contributed by atoms with E-state index >= 15 is 0 Å². The number of anilines is 3. The Kier molecular flexibility index (Phi) is 6.99. The molecule has 0 aromatic heterocycles. The van der Waals surface area contributed by atoms with Gasteiger partial charge >= 0.3 is 0 Å². The minimum atomic E-state index is 1.12. The Morgan fingerprint density at radius 2 is 0.878 bits per heavy atom. The fourth-order valence-corrected chi connectivity index (χ4v) is 7.49. The third-order valence-corrected chi connectivity index (χ3v) is 10.2. The summed E-state index contributed by atoms with van der Waals surface area (Å²) in [5, 5.41) is 10.1. The molecule has 0 heterocycles. The van der Waals surface area contributed by atoms with Gasteiger partial charge in [-0.2, -0.15) is 0 Å². The Balaban J connectivity index is 1.20. The molecule has 0 atom stereocenters. The first-order valence-electron chi connectivity index (χ1n) is 17.0. The summed E-state index contributed by atoms with van der Waals surface area (Å²) in [7, 11) is 0. The minimum Gasteiger partial charge on any atom is -0.310 e. The van der Waals surface area contributed by atoms with Crippen molar-refractivity contribution in [2.75, 3.05) is 4.90 Å². The van der Waals surface area contributed by atoms with Gasteiger partial charge in [0.25, 0.3) is 0 Å². The van der Waals surface area contributed by atoms with E-state index in [1.807, 2.05) is 0 Å². The van der Waals surface area contributed by atoms with Gasteiger partial charge in [0.15, 0.2) is 0 Å². The van der Waals surface area contributed by atoms with E-state index in [-0.39, 0.29) is 0 Å². The number of hydrogen-bond donors (Lipinski definition) is 0. The minimum absolute atomic E-state index is 1.12. The summed E-state index contributed by atoms with van der Waals surface area (Å²) in [5.41, 5.74) is 11.0. The van der Waals surface area contributed by atoms with E-state index in [2.05, 4.69) is 195 Å². The van der Waals surface area contributed by atoms with Crippen LogP contribution in [0.5, 0.6) is 0 Å². The highest BCUT2D eigenvalue weighted by Gasteiger charge is 2.18. The molecule has 0 aliphatic rings. The monoisotopic (exact) mass is 625 g/mol. The molecule has 0 spiro atoms. The highest BCUT2D eigenvalue weighted by atomic mass is 15.1. The van der Waals surface area contributed by atoms with Crippen molar-refractivity contribution in [3.8, 4) is 22.3 Å². The average Bonchev–Trinajstić information content (AvgIpc) is 3.16. The molecule has 9 aromatic rings. The molecule has 49 heavy (non-hydrogen) atoms. The largest absolute Gasteiger partial charge is 0.310 e. The maximum Gasteiger partial charge on any atom is 0.0546 e. The normalized spacial score (nSPS) is 11.5. The van der Waals surface area contributed by atoms with E-state index in [9.17, 15) is 0 Å². The molecule has 1 heteroatoms. The van der Waals surface area contributed by atoms with Crippen LogP contribution in [0.25, 0.3) is 65.3 Å². The Bertz CT molecular complexity index is 2670. The van der Waals surface area contributed by atoms with Crippen LogP contribution in [0.4, 0.5) is 17.1 Å². The molecule has 1 nitrogen and oxygen atoms in total. The van der Waals surface area contributed by atoms with Crippen LogP contribution in [0.3, 0.4) is 0 Å². The first-order chi connectivity index (χ1) is 24.1. The molecule has 232 valence electrons. The van der Waals surface area contributed by atoms with Crippen LogP contribution >= 0.6 is 0 Å². The number of nitrogens with zero attached hydrogens (tertiary/aromatic N) is 1. The van der Waals surface area contributed by atoms with E-state index in [1.165, 1.54) is 82.2 Å². The van der Waals surface area contributed by atoms with Gasteiger partial charge in [0, 0.05) is 16.8 Å². The van der Waals surface area contributed by atoms with E-state index in [1.54, 1.807) is 0 Å². The second-order valence-electron chi connectivity index (χ2n) is 13.1. The smallest absolute Gasteiger partial charge is 0.0546 e. The molecule has 0 unspecified atom stereocenters. The van der Waals surface area contributed by atoms with Crippen LogP contribution in [-0.4, -0.2) is 0 Å². The van der Waals surface area contributed by atoms with Gasteiger partial charge in [-0.1, -0.05) is 140 Å². The van der Waals surface area contributed by atoms with Gasteiger partial charge in [-0.05, 0) is 121 Å². The van der Waals surface area contributed by atoms with Crippen LogP contribution in [0.1, 0.15) is 11.1 Å². The van der Waals surface area contributed by atoms with Gasteiger partial charge in [-0.3, -0.25) is 0 Å². The zero-order chi connectivity index (χ0) is 32.9. The summed E-state index contributed by atoms with van der Waals surface area (Å²) in [4.78, 5) is 2.42. The maximum atomic E-state index is 2.42. The second kappa shape index (κ2) is 11.8. The Morgan fingerprint density at radius 3 is 1.59 bits per heavy atom. The summed E-state index contributed by atoms with van der Waals surface area (Å²) in [6, 6.07) is 64.5. The Hall–Kier alpha value is -6.18. The van der Waals surface area contributed by atoms with Crippen molar-refractivity contribution >= 4 is 60.2 Å². The lowest BCUT2D eigenvalue weighted by molar-refractivity contribution is 1.30. The quantitative estimate of drug-likeness (QED) is 0.172. The van der Waals surface area contributed by atoms with Crippen molar-refractivity contribution in [3.05, 3.63) is 187 Å². The van der Waals surface area contributed by atoms with Crippen molar-refractivity contribution in [1.29, 1.82) is 0 Å². The molecule has 0 N–H and O–H groups in total. The maximum absolute atomic E-state index is 2.42. The van der Waals surface area contributed by atoms with E-state index in [0.29, 0.717) is 0 Å². The molecule has 0 saturated carbocycles. The number of fused-ring (bicyclic) bond motifs is 6. The van der Waals surface area contributed by atoms with Gasteiger partial charge in [0.2, 0.25) is 0 Å². The molecule has 9 aromatic carbocycles. The third kappa shape index (κ3) is 5.03. The predicted molar refractivity (Wildman–Crippen MR) is 211 cm³/mol. The average molecular weight is 626 g/mol. The van der Waals surface area contributed by atoms with Crippen LogP contribution in [0.15, 0.2) is 176 Å². The van der Waals surface area contributed by atoms with Gasteiger partial charge < -0.3 is 4.90 Å². The number of benzene rings is 9. The molecule has 0 bridgehead atoms. The molecule has 0 aliphatic heterocycles. The predicted octanol–water partition coefficient (Wildman–Crippen LogP) is 13.7. The van der Waals surface area contributed by atoms with Crippen molar-refractivity contribution < 1.29 is 0 Å². The first-order valence-corrected chi connectivity index (χ1v) is 17.0. The molecule has 0 aliphatic carbocycles. The fourth-order valence-electron chi connectivity index (χ4n) is 7.49. The Labute approximate surface area is 287 Å². The molecular formula is C48H35N. The summed E-state index contributed by atoms with van der Waals surface area (Å²) >= 11 is 0. The summed E-state index contributed by atoms with van der Waals surface area (Å²) in [6.45, 7) is 4.40. The van der Waals surface area contributed by atoms with Crippen molar-refractivity contribution in [1.82, 2.24) is 0 Å². The highest BCUT2D eigenvalue weighted by molar-refractivity contribution is 6.14. The van der Waals surface area contributed by atoms with Crippen LogP contribution in [-0.2, 0) is 0 Å². The highest BCUT2D eigenvalue weighted by Crippen LogP contribution is 2.43. The lowest BCUT2D eigenvalue weighted by atomic mass is 9.96. The Morgan fingerprint density at radius 1 is 0.347 bits per heavy atom. The molecule has 0 fully saturated rings. The third-order valence-electron chi connectivity index (χ3n) is 10.2. The van der Waals surface area contributed by atoms with E-state index in [4.69, 9.17) is 0 Å². The fraction of sp³-hybridized carbons (Fsp3) is 0.0417.